The van der Waals surface area contributed by atoms with Gasteiger partial charge >= 0.3 is 5.97 Å². The molecule has 5 nitrogen and oxygen atoms in total. The average molecular weight is 339 g/mol. The highest BCUT2D eigenvalue weighted by Gasteiger charge is 2.21. The van der Waals surface area contributed by atoms with Crippen molar-refractivity contribution in [2.45, 2.75) is 13.3 Å². The van der Waals surface area contributed by atoms with E-state index in [1.54, 1.807) is 11.4 Å². The van der Waals surface area contributed by atoms with Crippen molar-refractivity contribution in [3.63, 3.8) is 0 Å². The highest BCUT2D eigenvalue weighted by Crippen LogP contribution is 2.30. The van der Waals surface area contributed by atoms with E-state index in [9.17, 15) is 9.59 Å². The second-order valence-corrected chi connectivity index (χ2v) is 5.90. The molecule has 1 aromatic heterocycles. The summed E-state index contributed by atoms with van der Waals surface area (Å²) in [6.45, 7) is 1.94. The van der Waals surface area contributed by atoms with Gasteiger partial charge in [-0.1, -0.05) is 36.7 Å². The molecule has 116 valence electrons. The molecule has 1 N–H and O–H groups in total. The van der Waals surface area contributed by atoms with Crippen LogP contribution in [0.25, 0.3) is 10.6 Å². The third-order valence-electron chi connectivity index (χ3n) is 2.93. The van der Waals surface area contributed by atoms with Crippen molar-refractivity contribution in [1.29, 1.82) is 0 Å². The minimum absolute atomic E-state index is 0.245. The molecule has 0 spiro atoms. The molecule has 1 aromatic carbocycles. The van der Waals surface area contributed by atoms with Crippen LogP contribution in [0.15, 0.2) is 29.6 Å². The van der Waals surface area contributed by atoms with Crippen LogP contribution in [0.4, 0.5) is 0 Å². The Morgan fingerprint density at radius 3 is 2.73 bits per heavy atom. The summed E-state index contributed by atoms with van der Waals surface area (Å²) in [6.07, 6.45) is 0.681. The topological polar surface area (TPSA) is 70.5 Å². The van der Waals surface area contributed by atoms with E-state index < -0.39 is 5.97 Å². The first-order chi connectivity index (χ1) is 10.5. The van der Waals surface area contributed by atoms with E-state index in [0.29, 0.717) is 23.0 Å². The van der Waals surface area contributed by atoms with Crippen molar-refractivity contribution in [1.82, 2.24) is 9.88 Å². The Bertz CT molecular complexity index is 687. The lowest BCUT2D eigenvalue weighted by Gasteiger charge is -2.18. The van der Waals surface area contributed by atoms with Crippen molar-refractivity contribution in [3.8, 4) is 10.6 Å². The monoisotopic (exact) mass is 338 g/mol. The van der Waals surface area contributed by atoms with E-state index in [1.807, 2.05) is 25.1 Å². The molecule has 0 bridgehead atoms. The lowest BCUT2D eigenvalue weighted by atomic mass is 10.2. The molecule has 22 heavy (non-hydrogen) atoms. The van der Waals surface area contributed by atoms with Gasteiger partial charge in [-0.05, 0) is 12.5 Å². The number of hydrogen-bond donors (Lipinski definition) is 1. The fraction of sp³-hybridized carbons (Fsp3) is 0.267. The molecule has 2 aromatic rings. The quantitative estimate of drug-likeness (QED) is 0.876. The summed E-state index contributed by atoms with van der Waals surface area (Å²) < 4.78 is 0. The zero-order valence-electron chi connectivity index (χ0n) is 12.0. The van der Waals surface area contributed by atoms with Gasteiger partial charge in [0.05, 0.1) is 5.02 Å². The third-order valence-corrected chi connectivity index (χ3v) is 4.14. The Labute approximate surface area is 137 Å². The Balaban J connectivity index is 2.24. The van der Waals surface area contributed by atoms with Crippen LogP contribution in [0, 0.1) is 0 Å². The highest BCUT2D eigenvalue weighted by molar-refractivity contribution is 7.13. The zero-order valence-corrected chi connectivity index (χ0v) is 13.5. The standard InChI is InChI=1S/C15H15ClN2O3S/c1-2-7-18(8-13(19)20)15(21)12-9-22-14(17-12)10-5-3-4-6-11(10)16/h3-6,9H,2,7-8H2,1H3,(H,19,20). The van der Waals surface area contributed by atoms with Crippen molar-refractivity contribution in [3.05, 3.63) is 40.4 Å². The molecule has 0 unspecified atom stereocenters. The van der Waals surface area contributed by atoms with Gasteiger partial charge in [-0.15, -0.1) is 11.3 Å². The lowest BCUT2D eigenvalue weighted by molar-refractivity contribution is -0.137. The molecule has 1 amide bonds. The number of carboxylic acid groups (broad SMARTS) is 1. The second-order valence-electron chi connectivity index (χ2n) is 4.64. The minimum Gasteiger partial charge on any atom is -0.480 e. The number of halogens is 1. The maximum atomic E-state index is 12.4. The lowest BCUT2D eigenvalue weighted by Crippen LogP contribution is -2.36. The number of rotatable bonds is 6. The number of aliphatic carboxylic acids is 1. The number of carboxylic acids is 1. The molecule has 0 radical (unpaired) electrons. The SMILES string of the molecule is CCCN(CC(=O)O)C(=O)c1csc(-c2ccccc2Cl)n1. The van der Waals surface area contributed by atoms with E-state index in [1.165, 1.54) is 16.2 Å². The maximum absolute atomic E-state index is 12.4. The van der Waals surface area contributed by atoms with E-state index in [-0.39, 0.29) is 18.1 Å². The summed E-state index contributed by atoms with van der Waals surface area (Å²) >= 11 is 7.43. The van der Waals surface area contributed by atoms with Gasteiger partial charge < -0.3 is 10.0 Å². The Kier molecular flexibility index (Phi) is 5.51. The molecule has 7 heteroatoms. The van der Waals surface area contributed by atoms with Gasteiger partial charge in [-0.2, -0.15) is 0 Å². The van der Waals surface area contributed by atoms with Crippen LogP contribution in [0.2, 0.25) is 5.02 Å². The average Bonchev–Trinajstić information content (AvgIpc) is 2.95. The summed E-state index contributed by atoms with van der Waals surface area (Å²) in [7, 11) is 0. The Hall–Kier alpha value is -1.92. The fourth-order valence-corrected chi connectivity index (χ4v) is 3.09. The van der Waals surface area contributed by atoms with Crippen molar-refractivity contribution >= 4 is 34.8 Å². The van der Waals surface area contributed by atoms with Crippen molar-refractivity contribution in [2.75, 3.05) is 13.1 Å². The van der Waals surface area contributed by atoms with E-state index in [4.69, 9.17) is 16.7 Å². The number of benzene rings is 1. The van der Waals surface area contributed by atoms with Crippen molar-refractivity contribution in [2.24, 2.45) is 0 Å². The Morgan fingerprint density at radius 1 is 1.36 bits per heavy atom. The number of amides is 1. The largest absolute Gasteiger partial charge is 0.480 e. The van der Waals surface area contributed by atoms with Crippen LogP contribution in [-0.2, 0) is 4.79 Å². The second kappa shape index (κ2) is 7.38. The first-order valence-corrected chi connectivity index (χ1v) is 8.00. The molecular weight excluding hydrogens is 324 g/mol. The van der Waals surface area contributed by atoms with Crippen LogP contribution in [0.1, 0.15) is 23.8 Å². The van der Waals surface area contributed by atoms with Crippen LogP contribution >= 0.6 is 22.9 Å². The molecule has 0 aliphatic carbocycles. The van der Waals surface area contributed by atoms with Crippen LogP contribution < -0.4 is 0 Å². The molecular formula is C15H15ClN2O3S. The van der Waals surface area contributed by atoms with Gasteiger partial charge in [0.1, 0.15) is 17.2 Å². The molecule has 0 atom stereocenters. The summed E-state index contributed by atoms with van der Waals surface area (Å²) in [6, 6.07) is 7.25. The number of carbonyl (C=O) groups excluding carboxylic acids is 1. The van der Waals surface area contributed by atoms with E-state index in [0.717, 1.165) is 5.56 Å². The van der Waals surface area contributed by atoms with Gasteiger partial charge in [0.15, 0.2) is 0 Å². The molecule has 2 rings (SSSR count). The van der Waals surface area contributed by atoms with Crippen LogP contribution in [0.5, 0.6) is 0 Å². The van der Waals surface area contributed by atoms with E-state index in [2.05, 4.69) is 4.98 Å². The first-order valence-electron chi connectivity index (χ1n) is 6.74. The normalized spacial score (nSPS) is 10.5. The van der Waals surface area contributed by atoms with Gasteiger partial charge in [-0.3, -0.25) is 9.59 Å². The number of aromatic nitrogens is 1. The Morgan fingerprint density at radius 2 is 2.09 bits per heavy atom. The third kappa shape index (κ3) is 3.84. The number of thiazole rings is 1. The summed E-state index contributed by atoms with van der Waals surface area (Å²) in [4.78, 5) is 28.8. The summed E-state index contributed by atoms with van der Waals surface area (Å²) in [5.74, 6) is -1.41. The zero-order chi connectivity index (χ0) is 16.1. The van der Waals surface area contributed by atoms with Gasteiger partial charge in [-0.25, -0.2) is 4.98 Å². The van der Waals surface area contributed by atoms with Gasteiger partial charge in [0, 0.05) is 17.5 Å². The molecule has 1 heterocycles. The number of carbonyl (C=O) groups is 2. The molecule has 0 fully saturated rings. The predicted octanol–water partition coefficient (Wildman–Crippen LogP) is 3.40. The number of nitrogens with zero attached hydrogens (tertiary/aromatic N) is 2. The molecule has 0 aliphatic heterocycles. The molecule has 0 aliphatic rings. The highest BCUT2D eigenvalue weighted by atomic mass is 35.5. The van der Waals surface area contributed by atoms with E-state index >= 15 is 0 Å². The molecule has 0 saturated carbocycles. The summed E-state index contributed by atoms with van der Waals surface area (Å²) in [5, 5.41) is 11.7. The first kappa shape index (κ1) is 16.5. The minimum atomic E-state index is -1.04. The van der Waals surface area contributed by atoms with Crippen LogP contribution in [-0.4, -0.2) is 40.0 Å². The van der Waals surface area contributed by atoms with Crippen molar-refractivity contribution < 1.29 is 14.7 Å². The maximum Gasteiger partial charge on any atom is 0.323 e. The predicted molar refractivity (Wildman–Crippen MR) is 86.4 cm³/mol. The fourth-order valence-electron chi connectivity index (χ4n) is 1.98. The van der Waals surface area contributed by atoms with Crippen LogP contribution in [0.3, 0.4) is 0 Å². The number of hydrogen-bond acceptors (Lipinski definition) is 4. The smallest absolute Gasteiger partial charge is 0.323 e. The van der Waals surface area contributed by atoms with Gasteiger partial charge in [0.25, 0.3) is 5.91 Å². The summed E-state index contributed by atoms with van der Waals surface area (Å²) in [5.41, 5.74) is 1.00. The molecule has 0 saturated heterocycles. The van der Waals surface area contributed by atoms with Gasteiger partial charge in [0.2, 0.25) is 0 Å².